The van der Waals surface area contributed by atoms with Gasteiger partial charge in [0.1, 0.15) is 5.69 Å². The maximum Gasteiger partial charge on any atom is 0.292 e. The number of hydrogen-bond donors (Lipinski definition) is 1. The molecule has 0 spiro atoms. The van der Waals surface area contributed by atoms with Gasteiger partial charge in [-0.25, -0.2) is 0 Å². The fourth-order valence-corrected chi connectivity index (χ4v) is 2.82. The van der Waals surface area contributed by atoms with Crippen molar-refractivity contribution in [1.29, 1.82) is 0 Å². The van der Waals surface area contributed by atoms with E-state index in [4.69, 9.17) is 0 Å². The Labute approximate surface area is 109 Å². The van der Waals surface area contributed by atoms with Crippen LogP contribution in [0.5, 0.6) is 0 Å². The van der Waals surface area contributed by atoms with Crippen molar-refractivity contribution in [2.45, 2.75) is 19.9 Å². The number of hydrogen-bond acceptors (Lipinski definition) is 4. The van der Waals surface area contributed by atoms with Crippen molar-refractivity contribution >= 4 is 22.7 Å². The Hall–Kier alpha value is -1.88. The van der Waals surface area contributed by atoms with Crippen LogP contribution in [0.15, 0.2) is 35.7 Å². The molecule has 0 aliphatic carbocycles. The summed E-state index contributed by atoms with van der Waals surface area (Å²) in [5.74, 6) is 0. The second-order valence-corrected chi connectivity index (χ2v) is 5.06. The molecule has 1 heterocycles. The minimum absolute atomic E-state index is 0.0612. The molecule has 18 heavy (non-hydrogen) atoms. The van der Waals surface area contributed by atoms with Gasteiger partial charge in [-0.15, -0.1) is 11.3 Å². The molecular weight excluding hydrogens is 248 g/mol. The van der Waals surface area contributed by atoms with Crippen LogP contribution in [0.2, 0.25) is 0 Å². The summed E-state index contributed by atoms with van der Waals surface area (Å²) in [6, 6.07) is 8.82. The summed E-state index contributed by atoms with van der Waals surface area (Å²) in [7, 11) is 0. The molecule has 1 N–H and O–H groups in total. The molecule has 1 aromatic heterocycles. The lowest BCUT2D eigenvalue weighted by molar-refractivity contribution is -0.384. The Morgan fingerprint density at radius 1 is 1.33 bits per heavy atom. The van der Waals surface area contributed by atoms with E-state index in [1.165, 1.54) is 16.5 Å². The third kappa shape index (κ3) is 2.51. The number of nitrogens with one attached hydrogen (secondary N) is 1. The van der Waals surface area contributed by atoms with E-state index < -0.39 is 0 Å². The first-order chi connectivity index (χ1) is 8.59. The van der Waals surface area contributed by atoms with E-state index >= 15 is 0 Å². The van der Waals surface area contributed by atoms with Gasteiger partial charge in [-0.05, 0) is 36.9 Å². The van der Waals surface area contributed by atoms with Gasteiger partial charge >= 0.3 is 0 Å². The molecule has 94 valence electrons. The molecular formula is C13H14N2O2S. The molecule has 2 rings (SSSR count). The summed E-state index contributed by atoms with van der Waals surface area (Å²) in [5, 5.41) is 16.2. The molecule has 0 aliphatic heterocycles. The first-order valence-corrected chi connectivity index (χ1v) is 6.51. The van der Waals surface area contributed by atoms with E-state index in [-0.39, 0.29) is 16.7 Å². The SMILES string of the molecule is Cc1ccsc1C(C)Nc1ccccc1[N+](=O)[O-]. The van der Waals surface area contributed by atoms with Crippen molar-refractivity contribution < 1.29 is 4.92 Å². The van der Waals surface area contributed by atoms with Crippen LogP contribution in [0.3, 0.4) is 0 Å². The van der Waals surface area contributed by atoms with Crippen LogP contribution in [-0.4, -0.2) is 4.92 Å². The van der Waals surface area contributed by atoms with Crippen LogP contribution in [-0.2, 0) is 0 Å². The summed E-state index contributed by atoms with van der Waals surface area (Å²) in [4.78, 5) is 11.8. The summed E-state index contributed by atoms with van der Waals surface area (Å²) >= 11 is 1.66. The third-order valence-electron chi connectivity index (χ3n) is 2.77. The number of para-hydroxylation sites is 2. The average Bonchev–Trinajstić information content (AvgIpc) is 2.76. The van der Waals surface area contributed by atoms with Gasteiger partial charge in [0.25, 0.3) is 5.69 Å². The van der Waals surface area contributed by atoms with Crippen molar-refractivity contribution in [3.8, 4) is 0 Å². The Morgan fingerprint density at radius 3 is 2.67 bits per heavy atom. The molecule has 1 aromatic carbocycles. The quantitative estimate of drug-likeness (QED) is 0.665. The average molecular weight is 262 g/mol. The highest BCUT2D eigenvalue weighted by molar-refractivity contribution is 7.10. The van der Waals surface area contributed by atoms with Gasteiger partial charge in [0, 0.05) is 10.9 Å². The molecule has 4 nitrogen and oxygen atoms in total. The zero-order chi connectivity index (χ0) is 13.1. The second-order valence-electron chi connectivity index (χ2n) is 4.11. The zero-order valence-corrected chi connectivity index (χ0v) is 11.0. The third-order valence-corrected chi connectivity index (χ3v) is 3.97. The molecule has 1 atom stereocenters. The maximum absolute atomic E-state index is 10.9. The van der Waals surface area contributed by atoms with Crippen LogP contribution in [0.25, 0.3) is 0 Å². The lowest BCUT2D eigenvalue weighted by atomic mass is 10.1. The highest BCUT2D eigenvalue weighted by Crippen LogP contribution is 2.30. The fourth-order valence-electron chi connectivity index (χ4n) is 1.88. The minimum Gasteiger partial charge on any atom is -0.372 e. The van der Waals surface area contributed by atoms with Gasteiger partial charge in [0.2, 0.25) is 0 Å². The number of thiophene rings is 1. The van der Waals surface area contributed by atoms with Gasteiger partial charge in [-0.1, -0.05) is 12.1 Å². The van der Waals surface area contributed by atoms with E-state index in [1.54, 1.807) is 29.5 Å². The maximum atomic E-state index is 10.9. The molecule has 0 radical (unpaired) electrons. The zero-order valence-electron chi connectivity index (χ0n) is 10.2. The summed E-state index contributed by atoms with van der Waals surface area (Å²) < 4.78 is 0. The van der Waals surface area contributed by atoms with Crippen molar-refractivity contribution in [1.82, 2.24) is 0 Å². The number of nitro groups is 1. The van der Waals surface area contributed by atoms with Gasteiger partial charge in [-0.3, -0.25) is 10.1 Å². The van der Waals surface area contributed by atoms with Crippen molar-refractivity contribution in [3.63, 3.8) is 0 Å². The van der Waals surface area contributed by atoms with E-state index in [0.29, 0.717) is 5.69 Å². The summed E-state index contributed by atoms with van der Waals surface area (Å²) in [6.45, 7) is 4.05. The Kier molecular flexibility index (Phi) is 3.62. The number of rotatable bonds is 4. The molecule has 0 bridgehead atoms. The van der Waals surface area contributed by atoms with Gasteiger partial charge in [0.05, 0.1) is 11.0 Å². The van der Waals surface area contributed by atoms with Crippen molar-refractivity contribution in [2.24, 2.45) is 0 Å². The highest BCUT2D eigenvalue weighted by Gasteiger charge is 2.16. The predicted molar refractivity (Wildman–Crippen MR) is 74.2 cm³/mol. The van der Waals surface area contributed by atoms with Crippen LogP contribution in [0.4, 0.5) is 11.4 Å². The van der Waals surface area contributed by atoms with Crippen molar-refractivity contribution in [3.05, 3.63) is 56.3 Å². The van der Waals surface area contributed by atoms with E-state index in [9.17, 15) is 10.1 Å². The highest BCUT2D eigenvalue weighted by atomic mass is 32.1. The minimum atomic E-state index is -0.365. The molecule has 0 saturated heterocycles. The standard InChI is InChI=1S/C13H14N2O2S/c1-9-7-8-18-13(9)10(2)14-11-5-3-4-6-12(11)15(16)17/h3-8,10,14H,1-2H3. The fraction of sp³-hybridized carbons (Fsp3) is 0.231. The number of nitrogens with zero attached hydrogens (tertiary/aromatic N) is 1. The molecule has 0 fully saturated rings. The Morgan fingerprint density at radius 2 is 2.06 bits per heavy atom. The first-order valence-electron chi connectivity index (χ1n) is 5.63. The van der Waals surface area contributed by atoms with Crippen LogP contribution >= 0.6 is 11.3 Å². The van der Waals surface area contributed by atoms with Gasteiger partial charge in [-0.2, -0.15) is 0 Å². The number of benzene rings is 1. The number of anilines is 1. The lowest BCUT2D eigenvalue weighted by Gasteiger charge is -2.14. The summed E-state index contributed by atoms with van der Waals surface area (Å²) in [5.41, 5.74) is 1.87. The van der Waals surface area contributed by atoms with E-state index in [1.807, 2.05) is 19.2 Å². The molecule has 2 aromatic rings. The topological polar surface area (TPSA) is 55.2 Å². The van der Waals surface area contributed by atoms with E-state index in [2.05, 4.69) is 11.4 Å². The van der Waals surface area contributed by atoms with E-state index in [0.717, 1.165) is 0 Å². The largest absolute Gasteiger partial charge is 0.372 e. The molecule has 1 unspecified atom stereocenters. The monoisotopic (exact) mass is 262 g/mol. The smallest absolute Gasteiger partial charge is 0.292 e. The van der Waals surface area contributed by atoms with Crippen molar-refractivity contribution in [2.75, 3.05) is 5.32 Å². The van der Waals surface area contributed by atoms with Crippen LogP contribution in [0.1, 0.15) is 23.4 Å². The number of nitro benzene ring substituents is 1. The number of aryl methyl sites for hydroxylation is 1. The Balaban J connectivity index is 2.25. The lowest BCUT2D eigenvalue weighted by Crippen LogP contribution is -2.07. The molecule has 0 amide bonds. The molecule has 0 aliphatic rings. The molecule has 5 heteroatoms. The van der Waals surface area contributed by atoms with Crippen LogP contribution in [0, 0.1) is 17.0 Å². The summed E-state index contributed by atoms with van der Waals surface area (Å²) in [6.07, 6.45) is 0. The predicted octanol–water partition coefficient (Wildman–Crippen LogP) is 4.14. The van der Waals surface area contributed by atoms with Gasteiger partial charge < -0.3 is 5.32 Å². The molecule has 0 saturated carbocycles. The second kappa shape index (κ2) is 5.18. The van der Waals surface area contributed by atoms with Gasteiger partial charge in [0.15, 0.2) is 0 Å². The Bertz CT molecular complexity index is 566. The first kappa shape index (κ1) is 12.6. The normalized spacial score (nSPS) is 12.1. The van der Waals surface area contributed by atoms with Crippen LogP contribution < -0.4 is 5.32 Å².